The van der Waals surface area contributed by atoms with E-state index in [1.54, 1.807) is 6.20 Å². The van der Waals surface area contributed by atoms with E-state index in [1.807, 2.05) is 19.1 Å². The molecule has 1 fully saturated rings. The highest BCUT2D eigenvalue weighted by Gasteiger charge is 2.25. The van der Waals surface area contributed by atoms with Gasteiger partial charge in [0.1, 0.15) is 5.69 Å². The zero-order chi connectivity index (χ0) is 13.7. The fourth-order valence-corrected chi connectivity index (χ4v) is 2.82. The van der Waals surface area contributed by atoms with Crippen molar-refractivity contribution in [1.82, 2.24) is 10.3 Å². The van der Waals surface area contributed by atoms with E-state index < -0.39 is 0 Å². The fraction of sp³-hybridized carbons (Fsp3) is 0.600. The van der Waals surface area contributed by atoms with E-state index in [4.69, 9.17) is 0 Å². The van der Waals surface area contributed by atoms with Crippen molar-refractivity contribution in [2.45, 2.75) is 32.6 Å². The molecule has 0 radical (unpaired) electrons. The van der Waals surface area contributed by atoms with Crippen molar-refractivity contribution in [1.29, 1.82) is 0 Å². The summed E-state index contributed by atoms with van der Waals surface area (Å²) in [4.78, 5) is 16.2. The summed E-state index contributed by atoms with van der Waals surface area (Å²) in [5, 5.41) is 12.3. The molecule has 1 aromatic heterocycles. The number of aliphatic hydroxyl groups excluding tert-OH is 1. The van der Waals surface area contributed by atoms with Crippen molar-refractivity contribution < 1.29 is 9.90 Å². The van der Waals surface area contributed by atoms with Gasteiger partial charge in [-0.3, -0.25) is 9.78 Å². The summed E-state index contributed by atoms with van der Waals surface area (Å²) in [5.41, 5.74) is 1.39. The lowest BCUT2D eigenvalue weighted by atomic mass is 9.79. The smallest absolute Gasteiger partial charge is 0.270 e. The number of hydrogen-bond donors (Lipinski definition) is 2. The third kappa shape index (κ3) is 3.53. The molecule has 2 N–H and O–H groups in total. The van der Waals surface area contributed by atoms with Crippen LogP contribution in [0.3, 0.4) is 0 Å². The minimum absolute atomic E-state index is 0.111. The number of carbonyl (C=O) groups is 1. The number of rotatable bonds is 4. The third-order valence-corrected chi connectivity index (χ3v) is 4.05. The topological polar surface area (TPSA) is 62.2 Å². The Morgan fingerprint density at radius 3 is 2.84 bits per heavy atom. The van der Waals surface area contributed by atoms with Gasteiger partial charge in [-0.2, -0.15) is 0 Å². The van der Waals surface area contributed by atoms with Crippen molar-refractivity contribution in [3.63, 3.8) is 0 Å². The number of carbonyl (C=O) groups excluding carboxylic acids is 1. The Morgan fingerprint density at radius 1 is 1.42 bits per heavy atom. The molecule has 1 aromatic rings. The molecule has 104 valence electrons. The molecule has 0 spiro atoms. The van der Waals surface area contributed by atoms with Gasteiger partial charge < -0.3 is 10.4 Å². The van der Waals surface area contributed by atoms with Crippen molar-refractivity contribution in [3.8, 4) is 0 Å². The van der Waals surface area contributed by atoms with Crippen LogP contribution >= 0.6 is 0 Å². The van der Waals surface area contributed by atoms with Crippen LogP contribution < -0.4 is 5.32 Å². The Hall–Kier alpha value is -1.42. The Balaban J connectivity index is 1.91. The monoisotopic (exact) mass is 262 g/mol. The second kappa shape index (κ2) is 6.66. The number of aromatic nitrogens is 1. The summed E-state index contributed by atoms with van der Waals surface area (Å²) < 4.78 is 0. The number of nitrogens with zero attached hydrogens (tertiary/aromatic N) is 1. The number of hydrogen-bond acceptors (Lipinski definition) is 3. The van der Waals surface area contributed by atoms with E-state index in [0.29, 0.717) is 24.1 Å². The van der Waals surface area contributed by atoms with E-state index >= 15 is 0 Å². The summed E-state index contributed by atoms with van der Waals surface area (Å²) in [6.45, 7) is 2.75. The normalized spacial score (nSPS) is 23.1. The van der Waals surface area contributed by atoms with Gasteiger partial charge in [0.15, 0.2) is 0 Å². The first kappa shape index (κ1) is 14.0. The SMILES string of the molecule is Cc1cccnc1C(=O)NCC1CCCCC1CO. The van der Waals surface area contributed by atoms with Gasteiger partial charge in [0, 0.05) is 19.3 Å². The molecular weight excluding hydrogens is 240 g/mol. The molecule has 2 atom stereocenters. The second-order valence-corrected chi connectivity index (χ2v) is 5.37. The van der Waals surface area contributed by atoms with E-state index in [0.717, 1.165) is 18.4 Å². The van der Waals surface area contributed by atoms with Crippen LogP contribution in [0.15, 0.2) is 18.3 Å². The zero-order valence-electron chi connectivity index (χ0n) is 11.4. The number of aryl methyl sites for hydroxylation is 1. The first-order chi connectivity index (χ1) is 9.22. The zero-order valence-corrected chi connectivity index (χ0v) is 11.4. The lowest BCUT2D eigenvalue weighted by molar-refractivity contribution is 0.0904. The molecule has 0 aliphatic heterocycles. The van der Waals surface area contributed by atoms with E-state index in [-0.39, 0.29) is 12.5 Å². The molecule has 19 heavy (non-hydrogen) atoms. The maximum absolute atomic E-state index is 12.1. The molecular formula is C15H22N2O2. The Morgan fingerprint density at radius 2 is 2.16 bits per heavy atom. The van der Waals surface area contributed by atoms with Crippen molar-refractivity contribution in [3.05, 3.63) is 29.6 Å². The average molecular weight is 262 g/mol. The van der Waals surface area contributed by atoms with E-state index in [9.17, 15) is 9.90 Å². The Labute approximate surface area is 114 Å². The van der Waals surface area contributed by atoms with Crippen molar-refractivity contribution in [2.75, 3.05) is 13.2 Å². The molecule has 1 amide bonds. The molecule has 0 bridgehead atoms. The number of amides is 1. The minimum atomic E-state index is -0.111. The molecule has 1 aliphatic carbocycles. The number of pyridine rings is 1. The summed E-state index contributed by atoms with van der Waals surface area (Å²) in [6, 6.07) is 3.72. The Kier molecular flexibility index (Phi) is 4.91. The van der Waals surface area contributed by atoms with Crippen LogP contribution in [-0.2, 0) is 0 Å². The average Bonchev–Trinajstić information content (AvgIpc) is 2.45. The predicted molar refractivity (Wildman–Crippen MR) is 73.8 cm³/mol. The molecule has 1 heterocycles. The Bertz CT molecular complexity index is 434. The van der Waals surface area contributed by atoms with Crippen LogP contribution in [0.25, 0.3) is 0 Å². The highest BCUT2D eigenvalue weighted by Crippen LogP contribution is 2.29. The van der Waals surface area contributed by atoms with Gasteiger partial charge in [-0.25, -0.2) is 0 Å². The first-order valence-corrected chi connectivity index (χ1v) is 7.03. The lowest BCUT2D eigenvalue weighted by Gasteiger charge is -2.30. The quantitative estimate of drug-likeness (QED) is 0.871. The van der Waals surface area contributed by atoms with Gasteiger partial charge in [0.25, 0.3) is 5.91 Å². The first-order valence-electron chi connectivity index (χ1n) is 7.03. The van der Waals surface area contributed by atoms with Crippen LogP contribution in [0.2, 0.25) is 0 Å². The highest BCUT2D eigenvalue weighted by atomic mass is 16.3. The molecule has 4 nitrogen and oxygen atoms in total. The van der Waals surface area contributed by atoms with Crippen LogP contribution in [0.5, 0.6) is 0 Å². The molecule has 0 saturated heterocycles. The standard InChI is InChI=1S/C15H22N2O2/c1-11-5-4-8-16-14(11)15(19)17-9-12-6-2-3-7-13(12)10-18/h4-5,8,12-13,18H,2-3,6-7,9-10H2,1H3,(H,17,19). The van der Waals surface area contributed by atoms with E-state index in [2.05, 4.69) is 10.3 Å². The van der Waals surface area contributed by atoms with Crippen molar-refractivity contribution in [2.24, 2.45) is 11.8 Å². The maximum atomic E-state index is 12.1. The number of nitrogens with one attached hydrogen (secondary N) is 1. The predicted octanol–water partition coefficient (Wildman–Crippen LogP) is 1.92. The molecule has 1 aliphatic rings. The fourth-order valence-electron chi connectivity index (χ4n) is 2.82. The molecule has 2 rings (SSSR count). The van der Waals surface area contributed by atoms with Crippen LogP contribution in [0, 0.1) is 18.8 Å². The summed E-state index contributed by atoms with van der Waals surface area (Å²) in [7, 11) is 0. The largest absolute Gasteiger partial charge is 0.396 e. The van der Waals surface area contributed by atoms with E-state index in [1.165, 1.54) is 12.8 Å². The summed E-state index contributed by atoms with van der Waals surface area (Å²) in [6.07, 6.45) is 6.18. The number of aliphatic hydroxyl groups is 1. The van der Waals surface area contributed by atoms with Gasteiger partial charge in [0.2, 0.25) is 0 Å². The third-order valence-electron chi connectivity index (χ3n) is 4.05. The van der Waals surface area contributed by atoms with Gasteiger partial charge in [-0.15, -0.1) is 0 Å². The van der Waals surface area contributed by atoms with Crippen LogP contribution in [0.1, 0.15) is 41.7 Å². The van der Waals surface area contributed by atoms with Gasteiger partial charge in [-0.05, 0) is 43.2 Å². The second-order valence-electron chi connectivity index (χ2n) is 5.37. The molecule has 0 aromatic carbocycles. The molecule has 1 saturated carbocycles. The molecule has 4 heteroatoms. The van der Waals surface area contributed by atoms with Gasteiger partial charge >= 0.3 is 0 Å². The molecule has 2 unspecified atom stereocenters. The van der Waals surface area contributed by atoms with Crippen LogP contribution in [-0.4, -0.2) is 29.1 Å². The lowest BCUT2D eigenvalue weighted by Crippen LogP contribution is -2.36. The minimum Gasteiger partial charge on any atom is -0.396 e. The summed E-state index contributed by atoms with van der Waals surface area (Å²) >= 11 is 0. The van der Waals surface area contributed by atoms with Crippen molar-refractivity contribution >= 4 is 5.91 Å². The maximum Gasteiger partial charge on any atom is 0.270 e. The van der Waals surface area contributed by atoms with Gasteiger partial charge in [-0.1, -0.05) is 18.9 Å². The van der Waals surface area contributed by atoms with Gasteiger partial charge in [0.05, 0.1) is 0 Å². The van der Waals surface area contributed by atoms with Crippen LogP contribution in [0.4, 0.5) is 0 Å². The summed E-state index contributed by atoms with van der Waals surface area (Å²) in [5.74, 6) is 0.617. The highest BCUT2D eigenvalue weighted by molar-refractivity contribution is 5.93.